The van der Waals surface area contributed by atoms with Gasteiger partial charge < -0.3 is 9.15 Å². The van der Waals surface area contributed by atoms with Gasteiger partial charge in [-0.25, -0.2) is 0 Å². The molecule has 8 heteroatoms. The zero-order chi connectivity index (χ0) is 15.4. The maximum Gasteiger partial charge on any atom is 0.293 e. The molecule has 0 saturated heterocycles. The number of carbonyl (C=O) groups excluding carboxylic acids is 1. The van der Waals surface area contributed by atoms with Crippen LogP contribution in [0.4, 0.5) is 5.13 Å². The predicted octanol–water partition coefficient (Wildman–Crippen LogP) is 3.72. The summed E-state index contributed by atoms with van der Waals surface area (Å²) < 4.78 is 12.0. The quantitative estimate of drug-likeness (QED) is 0.730. The van der Waals surface area contributed by atoms with Gasteiger partial charge in [0, 0.05) is 4.47 Å². The van der Waals surface area contributed by atoms with Gasteiger partial charge in [-0.05, 0) is 36.4 Å². The van der Waals surface area contributed by atoms with Crippen molar-refractivity contribution in [2.45, 2.75) is 6.61 Å². The van der Waals surface area contributed by atoms with Gasteiger partial charge >= 0.3 is 0 Å². The molecule has 0 unspecified atom stereocenters. The van der Waals surface area contributed by atoms with Crippen molar-refractivity contribution in [2.24, 2.45) is 0 Å². The third kappa shape index (κ3) is 3.71. The maximum atomic E-state index is 11.9. The molecular weight excluding hydrogens is 370 g/mol. The fraction of sp³-hybridized carbons (Fsp3) is 0.0714. The topological polar surface area (TPSA) is 77.2 Å². The second kappa shape index (κ2) is 6.71. The Kier molecular flexibility index (Phi) is 4.50. The van der Waals surface area contributed by atoms with Crippen LogP contribution in [0, 0.1) is 0 Å². The van der Waals surface area contributed by atoms with Crippen molar-refractivity contribution in [3.05, 3.63) is 57.9 Å². The number of furan rings is 1. The predicted molar refractivity (Wildman–Crippen MR) is 85.0 cm³/mol. The van der Waals surface area contributed by atoms with Crippen molar-refractivity contribution in [1.29, 1.82) is 0 Å². The third-order valence-corrected chi connectivity index (χ3v) is 3.80. The minimum atomic E-state index is -0.369. The van der Waals surface area contributed by atoms with E-state index < -0.39 is 0 Å². The highest BCUT2D eigenvalue weighted by atomic mass is 79.9. The van der Waals surface area contributed by atoms with Gasteiger partial charge in [-0.1, -0.05) is 27.3 Å². The number of anilines is 1. The highest BCUT2D eigenvalue weighted by Gasteiger charge is 2.13. The summed E-state index contributed by atoms with van der Waals surface area (Å²) in [6.45, 7) is 0.244. The van der Waals surface area contributed by atoms with Crippen LogP contribution in [0.25, 0.3) is 0 Å². The second-order valence-electron chi connectivity index (χ2n) is 4.21. The SMILES string of the molecule is O=C(Nc1nncs1)c1ccc(COc2ccc(Br)cc2)o1. The van der Waals surface area contributed by atoms with Crippen molar-refractivity contribution in [3.8, 4) is 5.75 Å². The minimum absolute atomic E-state index is 0.199. The average Bonchev–Trinajstić information content (AvgIpc) is 3.18. The lowest BCUT2D eigenvalue weighted by Crippen LogP contribution is -2.10. The molecule has 0 aliphatic carbocycles. The minimum Gasteiger partial charge on any atom is -0.486 e. The first-order chi connectivity index (χ1) is 10.7. The number of halogens is 1. The lowest BCUT2D eigenvalue weighted by Gasteiger charge is -2.03. The molecule has 0 saturated carbocycles. The monoisotopic (exact) mass is 379 g/mol. The number of nitrogens with one attached hydrogen (secondary N) is 1. The van der Waals surface area contributed by atoms with E-state index in [1.54, 1.807) is 12.1 Å². The molecule has 112 valence electrons. The van der Waals surface area contributed by atoms with Crippen LogP contribution in [0.15, 0.2) is 50.8 Å². The summed E-state index contributed by atoms with van der Waals surface area (Å²) in [4.78, 5) is 11.9. The maximum absolute atomic E-state index is 11.9. The number of nitrogens with zero attached hydrogens (tertiary/aromatic N) is 2. The molecular formula is C14H10BrN3O3S. The second-order valence-corrected chi connectivity index (χ2v) is 5.96. The largest absolute Gasteiger partial charge is 0.486 e. The molecule has 0 spiro atoms. The molecule has 0 radical (unpaired) electrons. The van der Waals surface area contributed by atoms with E-state index in [0.29, 0.717) is 10.9 Å². The lowest BCUT2D eigenvalue weighted by molar-refractivity contribution is 0.0992. The number of carbonyl (C=O) groups is 1. The van der Waals surface area contributed by atoms with Gasteiger partial charge in [0.05, 0.1) is 0 Å². The van der Waals surface area contributed by atoms with E-state index in [1.807, 2.05) is 24.3 Å². The van der Waals surface area contributed by atoms with Crippen molar-refractivity contribution in [3.63, 3.8) is 0 Å². The summed E-state index contributed by atoms with van der Waals surface area (Å²) in [5.74, 6) is 1.11. The van der Waals surface area contributed by atoms with Crippen LogP contribution in [0.1, 0.15) is 16.3 Å². The Morgan fingerprint density at radius 1 is 1.27 bits per heavy atom. The Bertz CT molecular complexity index is 756. The highest BCUT2D eigenvalue weighted by molar-refractivity contribution is 9.10. The van der Waals surface area contributed by atoms with Crippen LogP contribution in [0.2, 0.25) is 0 Å². The third-order valence-electron chi connectivity index (χ3n) is 2.66. The van der Waals surface area contributed by atoms with E-state index in [4.69, 9.17) is 9.15 Å². The first-order valence-corrected chi connectivity index (χ1v) is 7.92. The normalized spacial score (nSPS) is 10.4. The molecule has 3 rings (SSSR count). The number of rotatable bonds is 5. The molecule has 0 bridgehead atoms. The fourth-order valence-electron chi connectivity index (χ4n) is 1.65. The lowest BCUT2D eigenvalue weighted by atomic mass is 10.3. The molecule has 6 nitrogen and oxygen atoms in total. The van der Waals surface area contributed by atoms with Crippen LogP contribution >= 0.6 is 27.3 Å². The zero-order valence-corrected chi connectivity index (χ0v) is 13.6. The van der Waals surface area contributed by atoms with Crippen molar-refractivity contribution >= 4 is 38.3 Å². The summed E-state index contributed by atoms with van der Waals surface area (Å²) in [5.41, 5.74) is 1.54. The van der Waals surface area contributed by atoms with E-state index in [0.717, 1.165) is 10.2 Å². The van der Waals surface area contributed by atoms with Crippen molar-refractivity contribution in [2.75, 3.05) is 5.32 Å². The molecule has 0 aliphatic rings. The molecule has 1 N–H and O–H groups in total. The van der Waals surface area contributed by atoms with Crippen molar-refractivity contribution in [1.82, 2.24) is 10.2 Å². The molecule has 22 heavy (non-hydrogen) atoms. The standard InChI is InChI=1S/C14H10BrN3O3S/c15-9-1-3-10(4-2-9)20-7-11-5-6-12(21-11)13(19)17-14-18-16-8-22-14/h1-6,8H,7H2,(H,17,18,19). The zero-order valence-electron chi connectivity index (χ0n) is 11.2. The molecule has 0 atom stereocenters. The summed E-state index contributed by atoms with van der Waals surface area (Å²) in [6, 6.07) is 10.8. The summed E-state index contributed by atoms with van der Waals surface area (Å²) in [7, 11) is 0. The summed E-state index contributed by atoms with van der Waals surface area (Å²) in [6.07, 6.45) is 0. The first-order valence-electron chi connectivity index (χ1n) is 6.25. The van der Waals surface area contributed by atoms with Crippen LogP contribution in [-0.2, 0) is 6.61 Å². The van der Waals surface area contributed by atoms with Gasteiger partial charge in [0.1, 0.15) is 23.6 Å². The smallest absolute Gasteiger partial charge is 0.293 e. The number of hydrogen-bond acceptors (Lipinski definition) is 6. The van der Waals surface area contributed by atoms with E-state index >= 15 is 0 Å². The number of ether oxygens (including phenoxy) is 1. The highest BCUT2D eigenvalue weighted by Crippen LogP contribution is 2.18. The molecule has 2 heterocycles. The van der Waals surface area contributed by atoms with Gasteiger partial charge in [0.25, 0.3) is 5.91 Å². The molecule has 1 aromatic carbocycles. The average molecular weight is 380 g/mol. The van der Waals surface area contributed by atoms with Gasteiger partial charge in [0.2, 0.25) is 5.13 Å². The fourth-order valence-corrected chi connectivity index (χ4v) is 2.35. The van der Waals surface area contributed by atoms with Gasteiger partial charge in [0.15, 0.2) is 5.76 Å². The molecule has 2 aromatic heterocycles. The number of amides is 1. The molecule has 0 fully saturated rings. The van der Waals surface area contributed by atoms with E-state index in [2.05, 4.69) is 31.4 Å². The number of hydrogen-bond donors (Lipinski definition) is 1. The Balaban J connectivity index is 1.58. The molecule has 1 amide bonds. The Labute approximate surface area is 138 Å². The number of benzene rings is 1. The van der Waals surface area contributed by atoms with Crippen molar-refractivity contribution < 1.29 is 13.9 Å². The summed E-state index contributed by atoms with van der Waals surface area (Å²) >= 11 is 4.59. The van der Waals surface area contributed by atoms with Gasteiger partial charge in [-0.3, -0.25) is 10.1 Å². The van der Waals surface area contributed by atoms with E-state index in [9.17, 15) is 4.79 Å². The Morgan fingerprint density at radius 3 is 2.82 bits per heavy atom. The molecule has 3 aromatic rings. The van der Waals surface area contributed by atoms with Crippen LogP contribution < -0.4 is 10.1 Å². The van der Waals surface area contributed by atoms with Crippen LogP contribution in [0.5, 0.6) is 5.75 Å². The van der Waals surface area contributed by atoms with Crippen LogP contribution in [0.3, 0.4) is 0 Å². The first kappa shape index (κ1) is 14.7. The van der Waals surface area contributed by atoms with E-state index in [-0.39, 0.29) is 18.3 Å². The summed E-state index contributed by atoms with van der Waals surface area (Å²) in [5, 5.41) is 10.4. The Morgan fingerprint density at radius 2 is 2.09 bits per heavy atom. The Hall–Kier alpha value is -2.19. The van der Waals surface area contributed by atoms with Crippen LogP contribution in [-0.4, -0.2) is 16.1 Å². The van der Waals surface area contributed by atoms with Gasteiger partial charge in [-0.15, -0.1) is 10.2 Å². The molecule has 0 aliphatic heterocycles. The van der Waals surface area contributed by atoms with E-state index in [1.165, 1.54) is 16.8 Å². The van der Waals surface area contributed by atoms with Gasteiger partial charge in [-0.2, -0.15) is 0 Å². The number of aromatic nitrogens is 2.